The van der Waals surface area contributed by atoms with Gasteiger partial charge in [0.15, 0.2) is 5.75 Å². The van der Waals surface area contributed by atoms with E-state index in [2.05, 4.69) is 37.1 Å². The lowest BCUT2D eigenvalue weighted by atomic mass is 9.98. The first-order valence-corrected chi connectivity index (χ1v) is 5.67. The number of ether oxygens (including phenoxy) is 1. The Bertz CT molecular complexity index is 487. The average Bonchev–Trinajstić information content (AvgIpc) is 2.29. The number of para-hydroxylation sites is 2. The van der Waals surface area contributed by atoms with E-state index >= 15 is 0 Å². The molecule has 2 nitrogen and oxygen atoms in total. The number of anilines is 1. The minimum absolute atomic E-state index is 0.567. The van der Waals surface area contributed by atoms with Crippen LogP contribution in [0.25, 0.3) is 0 Å². The Hall–Kier alpha value is -1.70. The topological polar surface area (TPSA) is 12.5 Å². The summed E-state index contributed by atoms with van der Waals surface area (Å²) in [5, 5.41) is 0. The molecule has 0 spiro atoms. The van der Waals surface area contributed by atoms with Crippen LogP contribution in [0, 0.1) is 5.92 Å². The third-order valence-corrected chi connectivity index (χ3v) is 3.20. The Kier molecular flexibility index (Phi) is 2.03. The van der Waals surface area contributed by atoms with E-state index in [4.69, 9.17) is 4.74 Å². The van der Waals surface area contributed by atoms with Crippen molar-refractivity contribution in [1.29, 1.82) is 0 Å². The molecule has 1 aromatic rings. The molecule has 1 atom stereocenters. The van der Waals surface area contributed by atoms with Gasteiger partial charge in [-0.3, -0.25) is 0 Å². The molecule has 1 aliphatic heterocycles. The number of rotatable bonds is 0. The van der Waals surface area contributed by atoms with Gasteiger partial charge in [-0.05, 0) is 24.1 Å². The number of fused-ring (bicyclic) bond motifs is 1. The Balaban J connectivity index is 2.07. The molecule has 0 bridgehead atoms. The molecule has 3 rings (SSSR count). The van der Waals surface area contributed by atoms with E-state index in [0.717, 1.165) is 23.6 Å². The van der Waals surface area contributed by atoms with Gasteiger partial charge in [-0.1, -0.05) is 25.1 Å². The third-order valence-electron chi connectivity index (χ3n) is 3.20. The zero-order valence-corrected chi connectivity index (χ0v) is 9.60. The highest BCUT2D eigenvalue weighted by molar-refractivity contribution is 5.66. The van der Waals surface area contributed by atoms with Crippen LogP contribution in [-0.2, 0) is 0 Å². The molecule has 0 N–H and O–H groups in total. The van der Waals surface area contributed by atoms with E-state index in [-0.39, 0.29) is 0 Å². The number of likely N-dealkylation sites (N-methyl/N-ethyl adjacent to an activating group) is 1. The minimum atomic E-state index is 0.567. The van der Waals surface area contributed by atoms with Crippen LogP contribution in [0.2, 0.25) is 0 Å². The van der Waals surface area contributed by atoms with Crippen molar-refractivity contribution >= 4 is 5.69 Å². The molecule has 82 valence electrons. The van der Waals surface area contributed by atoms with E-state index in [9.17, 15) is 0 Å². The van der Waals surface area contributed by atoms with Gasteiger partial charge in [-0.15, -0.1) is 0 Å². The van der Waals surface area contributed by atoms with Crippen molar-refractivity contribution in [2.24, 2.45) is 5.92 Å². The van der Waals surface area contributed by atoms with Crippen LogP contribution >= 0.6 is 0 Å². The maximum absolute atomic E-state index is 5.96. The summed E-state index contributed by atoms with van der Waals surface area (Å²) < 4.78 is 5.96. The van der Waals surface area contributed by atoms with Crippen molar-refractivity contribution in [2.45, 2.75) is 13.3 Å². The van der Waals surface area contributed by atoms with Crippen molar-refractivity contribution in [3.63, 3.8) is 0 Å². The van der Waals surface area contributed by atoms with Crippen molar-refractivity contribution < 1.29 is 4.74 Å². The Morgan fingerprint density at radius 1 is 1.31 bits per heavy atom. The fourth-order valence-corrected chi connectivity index (χ4v) is 2.29. The van der Waals surface area contributed by atoms with Gasteiger partial charge in [-0.25, -0.2) is 0 Å². The first-order valence-electron chi connectivity index (χ1n) is 5.67. The molecule has 0 saturated carbocycles. The summed E-state index contributed by atoms with van der Waals surface area (Å²) in [4.78, 5) is 2.20. The van der Waals surface area contributed by atoms with Crippen LogP contribution in [0.3, 0.4) is 0 Å². The van der Waals surface area contributed by atoms with Crippen molar-refractivity contribution in [2.75, 3.05) is 11.9 Å². The fourth-order valence-electron chi connectivity index (χ4n) is 2.29. The smallest absolute Gasteiger partial charge is 0.150 e. The minimum Gasteiger partial charge on any atom is -0.457 e. The molecule has 1 unspecified atom stereocenters. The van der Waals surface area contributed by atoms with E-state index in [1.165, 1.54) is 5.70 Å². The highest BCUT2D eigenvalue weighted by atomic mass is 16.5. The van der Waals surface area contributed by atoms with Gasteiger partial charge in [0.2, 0.25) is 0 Å². The quantitative estimate of drug-likeness (QED) is 0.655. The number of hydrogen-bond donors (Lipinski definition) is 0. The fraction of sp³-hybridized carbons (Fsp3) is 0.286. The Labute approximate surface area is 95.8 Å². The predicted molar refractivity (Wildman–Crippen MR) is 65.4 cm³/mol. The van der Waals surface area contributed by atoms with Gasteiger partial charge in [0.25, 0.3) is 0 Å². The molecule has 1 aliphatic carbocycles. The Morgan fingerprint density at radius 2 is 2.12 bits per heavy atom. The third kappa shape index (κ3) is 1.33. The molecule has 2 heteroatoms. The average molecular weight is 213 g/mol. The molecule has 0 fully saturated rings. The summed E-state index contributed by atoms with van der Waals surface area (Å²) >= 11 is 0. The summed E-state index contributed by atoms with van der Waals surface area (Å²) in [6.07, 6.45) is 5.40. The van der Waals surface area contributed by atoms with Crippen LogP contribution < -0.4 is 9.64 Å². The van der Waals surface area contributed by atoms with E-state index in [1.807, 2.05) is 18.2 Å². The first kappa shape index (κ1) is 9.52. The van der Waals surface area contributed by atoms with Crippen molar-refractivity contribution in [3.8, 4) is 5.75 Å². The van der Waals surface area contributed by atoms with Crippen LogP contribution in [0.1, 0.15) is 13.3 Å². The molecule has 0 radical (unpaired) electrons. The molecule has 2 aliphatic rings. The van der Waals surface area contributed by atoms with E-state index in [0.29, 0.717) is 5.92 Å². The molecule has 1 heterocycles. The van der Waals surface area contributed by atoms with Crippen LogP contribution in [-0.4, -0.2) is 7.05 Å². The first-order chi connectivity index (χ1) is 7.75. The van der Waals surface area contributed by atoms with Gasteiger partial charge in [0, 0.05) is 13.5 Å². The lowest BCUT2D eigenvalue weighted by Crippen LogP contribution is -2.26. The molecular formula is C14H15NO. The van der Waals surface area contributed by atoms with Gasteiger partial charge >= 0.3 is 0 Å². The maximum Gasteiger partial charge on any atom is 0.150 e. The van der Waals surface area contributed by atoms with Crippen molar-refractivity contribution in [3.05, 3.63) is 47.9 Å². The van der Waals surface area contributed by atoms with Crippen LogP contribution in [0.4, 0.5) is 5.69 Å². The molecule has 0 aromatic heterocycles. The van der Waals surface area contributed by atoms with Gasteiger partial charge < -0.3 is 9.64 Å². The van der Waals surface area contributed by atoms with Gasteiger partial charge in [0.1, 0.15) is 5.76 Å². The van der Waals surface area contributed by atoms with E-state index < -0.39 is 0 Å². The summed E-state index contributed by atoms with van der Waals surface area (Å²) in [5.41, 5.74) is 2.33. The van der Waals surface area contributed by atoms with Crippen LogP contribution in [0.15, 0.2) is 47.9 Å². The molecule has 0 amide bonds. The zero-order valence-electron chi connectivity index (χ0n) is 9.60. The maximum atomic E-state index is 5.96. The zero-order chi connectivity index (χ0) is 11.1. The standard InChI is InChI=1S/C14H15NO/c1-10-7-8-12-14(9-10)16-13-6-4-3-5-11(13)15(12)2/h3-8,10H,9H2,1-2H3. The summed E-state index contributed by atoms with van der Waals surface area (Å²) in [6, 6.07) is 8.17. The number of allylic oxidation sites excluding steroid dienone is 3. The second-order valence-electron chi connectivity index (χ2n) is 4.48. The molecule has 16 heavy (non-hydrogen) atoms. The van der Waals surface area contributed by atoms with Crippen molar-refractivity contribution in [1.82, 2.24) is 0 Å². The second kappa shape index (κ2) is 3.41. The van der Waals surface area contributed by atoms with E-state index in [1.54, 1.807) is 0 Å². The number of hydrogen-bond acceptors (Lipinski definition) is 2. The normalized spacial score (nSPS) is 22.6. The molecule has 0 saturated heterocycles. The highest BCUT2D eigenvalue weighted by Gasteiger charge is 2.25. The SMILES string of the molecule is CC1C=CC2=C(C1)Oc1ccccc1N2C. The Morgan fingerprint density at radius 3 is 3.00 bits per heavy atom. The largest absolute Gasteiger partial charge is 0.457 e. The summed E-state index contributed by atoms with van der Waals surface area (Å²) in [7, 11) is 2.09. The van der Waals surface area contributed by atoms with Gasteiger partial charge in [0.05, 0.1) is 11.4 Å². The molecule has 1 aromatic carbocycles. The second-order valence-corrected chi connectivity index (χ2v) is 4.48. The predicted octanol–water partition coefficient (Wildman–Crippen LogP) is 3.32. The lowest BCUT2D eigenvalue weighted by molar-refractivity contribution is 0.369. The summed E-state index contributed by atoms with van der Waals surface area (Å²) in [6.45, 7) is 2.21. The monoisotopic (exact) mass is 213 g/mol. The van der Waals surface area contributed by atoms with Gasteiger partial charge in [-0.2, -0.15) is 0 Å². The van der Waals surface area contributed by atoms with Crippen LogP contribution in [0.5, 0.6) is 5.75 Å². The highest BCUT2D eigenvalue weighted by Crippen LogP contribution is 2.39. The lowest BCUT2D eigenvalue weighted by Gasteiger charge is -2.33. The molecular weight excluding hydrogens is 198 g/mol. The number of nitrogens with zero attached hydrogens (tertiary/aromatic N) is 1. The number of benzene rings is 1. The summed E-state index contributed by atoms with van der Waals surface area (Å²) in [5.74, 6) is 2.62.